The molecular formula is C17H15ClN4S. The molecule has 0 fully saturated rings. The molecule has 2 heterocycles. The zero-order chi connectivity index (χ0) is 15.6. The number of halogens is 1. The number of rotatable bonds is 4. The van der Waals surface area contributed by atoms with Crippen LogP contribution in [0.1, 0.15) is 5.56 Å². The lowest BCUT2D eigenvalue weighted by atomic mass is 10.2. The standard InChI is InChI=1S/C17H15ClN4S/c18-14-6-4-5-13(11-14)12-23-17-20-19-16-21(9-10-22(16)17)15-7-2-1-3-8-15/h1-8,11H,9-10,12H2. The van der Waals surface area contributed by atoms with Crippen LogP contribution in [-0.4, -0.2) is 21.3 Å². The number of anilines is 2. The van der Waals surface area contributed by atoms with Gasteiger partial charge in [-0.3, -0.25) is 4.57 Å². The number of thioether (sulfide) groups is 1. The molecule has 0 bridgehead atoms. The summed E-state index contributed by atoms with van der Waals surface area (Å²) >= 11 is 7.73. The molecule has 0 amide bonds. The molecule has 1 aliphatic heterocycles. The van der Waals surface area contributed by atoms with E-state index in [4.69, 9.17) is 11.6 Å². The van der Waals surface area contributed by atoms with E-state index in [1.54, 1.807) is 11.8 Å². The SMILES string of the molecule is Clc1cccc(CSc2nnc3n2CCN3c2ccccc2)c1. The second kappa shape index (κ2) is 6.26. The fourth-order valence-electron chi connectivity index (χ4n) is 2.71. The van der Waals surface area contributed by atoms with Crippen LogP contribution in [0.2, 0.25) is 5.02 Å². The van der Waals surface area contributed by atoms with Gasteiger partial charge in [-0.2, -0.15) is 0 Å². The van der Waals surface area contributed by atoms with Crippen molar-refractivity contribution >= 4 is 35.0 Å². The van der Waals surface area contributed by atoms with Crippen LogP contribution in [0.4, 0.5) is 11.6 Å². The summed E-state index contributed by atoms with van der Waals surface area (Å²) < 4.78 is 2.18. The second-order valence-corrected chi connectivity index (χ2v) is 6.72. The zero-order valence-corrected chi connectivity index (χ0v) is 14.0. The topological polar surface area (TPSA) is 34.0 Å². The minimum atomic E-state index is 0.768. The first-order valence-corrected chi connectivity index (χ1v) is 8.81. The van der Waals surface area contributed by atoms with Gasteiger partial charge in [-0.25, -0.2) is 0 Å². The van der Waals surface area contributed by atoms with Gasteiger partial charge in [-0.1, -0.05) is 53.7 Å². The van der Waals surface area contributed by atoms with Gasteiger partial charge in [0.15, 0.2) is 5.16 Å². The molecule has 0 saturated heterocycles. The Morgan fingerprint density at radius 2 is 1.87 bits per heavy atom. The summed E-state index contributed by atoms with van der Waals surface area (Å²) in [6.07, 6.45) is 0. The lowest BCUT2D eigenvalue weighted by Gasteiger charge is -2.14. The van der Waals surface area contributed by atoms with E-state index in [2.05, 4.69) is 37.9 Å². The monoisotopic (exact) mass is 342 g/mol. The number of hydrogen-bond donors (Lipinski definition) is 0. The molecule has 0 saturated carbocycles. The molecule has 0 aliphatic carbocycles. The van der Waals surface area contributed by atoms with Crippen LogP contribution in [0, 0.1) is 0 Å². The summed E-state index contributed by atoms with van der Waals surface area (Å²) in [5, 5.41) is 10.5. The molecule has 1 aromatic heterocycles. The summed E-state index contributed by atoms with van der Waals surface area (Å²) in [7, 11) is 0. The first kappa shape index (κ1) is 14.6. The number of para-hydroxylation sites is 1. The smallest absolute Gasteiger partial charge is 0.232 e. The highest BCUT2D eigenvalue weighted by Gasteiger charge is 2.25. The van der Waals surface area contributed by atoms with Crippen LogP contribution in [0.5, 0.6) is 0 Å². The lowest BCUT2D eigenvalue weighted by molar-refractivity contribution is 0.704. The normalized spacial score (nSPS) is 13.3. The third-order valence-electron chi connectivity index (χ3n) is 3.81. The molecule has 0 N–H and O–H groups in total. The average Bonchev–Trinajstić information content (AvgIpc) is 3.16. The van der Waals surface area contributed by atoms with Gasteiger partial charge in [0.1, 0.15) is 0 Å². The number of aromatic nitrogens is 3. The van der Waals surface area contributed by atoms with Crippen molar-refractivity contribution in [1.29, 1.82) is 0 Å². The van der Waals surface area contributed by atoms with E-state index in [1.165, 1.54) is 5.56 Å². The van der Waals surface area contributed by atoms with Crippen molar-refractivity contribution in [1.82, 2.24) is 14.8 Å². The lowest BCUT2D eigenvalue weighted by Crippen LogP contribution is -2.13. The van der Waals surface area contributed by atoms with Crippen molar-refractivity contribution in [3.05, 3.63) is 65.2 Å². The van der Waals surface area contributed by atoms with Crippen LogP contribution in [-0.2, 0) is 12.3 Å². The molecule has 116 valence electrons. The van der Waals surface area contributed by atoms with E-state index >= 15 is 0 Å². The van der Waals surface area contributed by atoms with Crippen molar-refractivity contribution in [2.24, 2.45) is 0 Å². The Labute approximate surface area is 144 Å². The van der Waals surface area contributed by atoms with Gasteiger partial charge >= 0.3 is 0 Å². The van der Waals surface area contributed by atoms with Crippen molar-refractivity contribution < 1.29 is 0 Å². The van der Waals surface area contributed by atoms with E-state index in [0.717, 1.165) is 40.7 Å². The van der Waals surface area contributed by atoms with Gasteiger partial charge in [0.05, 0.1) is 0 Å². The molecule has 0 spiro atoms. The average molecular weight is 343 g/mol. The minimum absolute atomic E-state index is 0.768. The van der Waals surface area contributed by atoms with Gasteiger partial charge in [0, 0.05) is 29.6 Å². The molecule has 0 radical (unpaired) electrons. The first-order valence-electron chi connectivity index (χ1n) is 7.44. The highest BCUT2D eigenvalue weighted by atomic mass is 35.5. The van der Waals surface area contributed by atoms with Gasteiger partial charge in [-0.05, 0) is 29.8 Å². The Bertz CT molecular complexity index is 818. The van der Waals surface area contributed by atoms with Gasteiger partial charge in [-0.15, -0.1) is 10.2 Å². The van der Waals surface area contributed by atoms with Gasteiger partial charge in [0.2, 0.25) is 5.95 Å². The Balaban J connectivity index is 1.52. The maximum absolute atomic E-state index is 6.04. The van der Waals surface area contributed by atoms with Gasteiger partial charge < -0.3 is 4.90 Å². The minimum Gasteiger partial charge on any atom is -0.309 e. The number of benzene rings is 2. The first-order chi connectivity index (χ1) is 11.3. The van der Waals surface area contributed by atoms with Crippen molar-refractivity contribution in [3.63, 3.8) is 0 Å². The Morgan fingerprint density at radius 3 is 2.70 bits per heavy atom. The van der Waals surface area contributed by atoms with E-state index < -0.39 is 0 Å². The number of fused-ring (bicyclic) bond motifs is 1. The maximum Gasteiger partial charge on any atom is 0.232 e. The zero-order valence-electron chi connectivity index (χ0n) is 12.4. The van der Waals surface area contributed by atoms with Crippen molar-refractivity contribution in [2.75, 3.05) is 11.4 Å². The Hall–Kier alpha value is -1.98. The van der Waals surface area contributed by atoms with Crippen molar-refractivity contribution in [2.45, 2.75) is 17.5 Å². The summed E-state index contributed by atoms with van der Waals surface area (Å²) in [5.41, 5.74) is 2.35. The molecular weight excluding hydrogens is 328 g/mol. The molecule has 2 aromatic carbocycles. The highest BCUT2D eigenvalue weighted by molar-refractivity contribution is 7.98. The molecule has 1 aliphatic rings. The number of hydrogen-bond acceptors (Lipinski definition) is 4. The molecule has 23 heavy (non-hydrogen) atoms. The molecule has 4 nitrogen and oxygen atoms in total. The summed E-state index contributed by atoms with van der Waals surface area (Å²) in [6, 6.07) is 18.3. The summed E-state index contributed by atoms with van der Waals surface area (Å²) in [4.78, 5) is 2.20. The number of nitrogens with zero attached hydrogens (tertiary/aromatic N) is 4. The van der Waals surface area contributed by atoms with Gasteiger partial charge in [0.25, 0.3) is 0 Å². The molecule has 0 atom stereocenters. The Morgan fingerprint density at radius 1 is 1.00 bits per heavy atom. The van der Waals surface area contributed by atoms with Crippen LogP contribution in [0.25, 0.3) is 0 Å². The molecule has 6 heteroatoms. The fourth-order valence-corrected chi connectivity index (χ4v) is 3.83. The van der Waals surface area contributed by atoms with E-state index in [0.29, 0.717) is 0 Å². The van der Waals surface area contributed by atoms with E-state index in [-0.39, 0.29) is 0 Å². The van der Waals surface area contributed by atoms with Crippen LogP contribution < -0.4 is 4.90 Å². The van der Waals surface area contributed by atoms with Crippen LogP contribution >= 0.6 is 23.4 Å². The molecule has 4 rings (SSSR count). The summed E-state index contributed by atoms with van der Waals surface area (Å²) in [5.74, 6) is 1.76. The van der Waals surface area contributed by atoms with Crippen LogP contribution in [0.3, 0.4) is 0 Å². The van der Waals surface area contributed by atoms with E-state index in [9.17, 15) is 0 Å². The largest absolute Gasteiger partial charge is 0.309 e. The second-order valence-electron chi connectivity index (χ2n) is 5.34. The Kier molecular flexibility index (Phi) is 3.97. The summed E-state index contributed by atoms with van der Waals surface area (Å²) in [6.45, 7) is 1.84. The quantitative estimate of drug-likeness (QED) is 0.659. The van der Waals surface area contributed by atoms with E-state index in [1.807, 2.05) is 36.4 Å². The predicted molar refractivity (Wildman–Crippen MR) is 94.5 cm³/mol. The molecule has 0 unspecified atom stereocenters. The van der Waals surface area contributed by atoms with Crippen LogP contribution in [0.15, 0.2) is 59.8 Å². The van der Waals surface area contributed by atoms with Crippen molar-refractivity contribution in [3.8, 4) is 0 Å². The predicted octanol–water partition coefficient (Wildman–Crippen LogP) is 4.38. The fraction of sp³-hybridized carbons (Fsp3) is 0.176. The highest BCUT2D eigenvalue weighted by Crippen LogP contribution is 2.32. The third kappa shape index (κ3) is 2.94. The molecule has 3 aromatic rings. The third-order valence-corrected chi connectivity index (χ3v) is 5.08. The maximum atomic E-state index is 6.04.